The van der Waals surface area contributed by atoms with Gasteiger partial charge in [-0.3, -0.25) is 18.9 Å². The number of benzene rings is 2. The molecule has 2 aliphatic rings. The number of aliphatic hydroxyl groups is 1. The number of anilines is 1. The van der Waals surface area contributed by atoms with Crippen LogP contribution in [0.5, 0.6) is 0 Å². The van der Waals surface area contributed by atoms with E-state index in [9.17, 15) is 40.3 Å². The minimum absolute atomic E-state index is 0.00287. The molecule has 0 spiro atoms. The van der Waals surface area contributed by atoms with Gasteiger partial charge in [0, 0.05) is 35.7 Å². The summed E-state index contributed by atoms with van der Waals surface area (Å²) in [6.07, 6.45) is -2.34. The van der Waals surface area contributed by atoms with Gasteiger partial charge in [0.2, 0.25) is 15.9 Å². The molecule has 3 N–H and O–H groups in total. The van der Waals surface area contributed by atoms with Crippen LogP contribution < -0.4 is 10.0 Å². The molecular weight excluding hydrogens is 819 g/mol. The highest BCUT2D eigenvalue weighted by atomic mass is 35.5. The number of fused-ring (bicyclic) bond motifs is 4. The lowest BCUT2D eigenvalue weighted by Gasteiger charge is -2.34. The number of nitrogens with zero attached hydrogens (tertiary/aromatic N) is 5. The molecule has 0 radical (unpaired) electrons. The summed E-state index contributed by atoms with van der Waals surface area (Å²) < 4.78 is 131. The van der Waals surface area contributed by atoms with Gasteiger partial charge in [0.25, 0.3) is 12.3 Å². The number of halogens is 8. The number of carbonyl (C=O) groups is 1. The Hall–Kier alpha value is -5.19. The molecule has 5 aromatic rings. The molecule has 58 heavy (non-hydrogen) atoms. The molecule has 11 nitrogen and oxygen atoms in total. The molecule has 0 saturated heterocycles. The maximum atomic E-state index is 15.6. The van der Waals surface area contributed by atoms with Gasteiger partial charge in [-0.05, 0) is 73.9 Å². The number of amides is 1. The Morgan fingerprint density at radius 2 is 1.78 bits per heavy atom. The van der Waals surface area contributed by atoms with Crippen LogP contribution in [0.1, 0.15) is 72.1 Å². The second-order valence-corrected chi connectivity index (χ2v) is 16.7. The smallest absolute Gasteiger partial charge is 0.293 e. The van der Waals surface area contributed by atoms with Crippen molar-refractivity contribution in [3.8, 4) is 23.0 Å². The Labute approximate surface area is 331 Å². The van der Waals surface area contributed by atoms with Crippen LogP contribution in [0.25, 0.3) is 22.0 Å². The molecule has 1 fully saturated rings. The Morgan fingerprint density at radius 3 is 2.40 bits per heavy atom. The summed E-state index contributed by atoms with van der Waals surface area (Å²) in [7, 11) is -2.36. The molecule has 4 atom stereocenters. The molecule has 20 heteroatoms. The third-order valence-corrected chi connectivity index (χ3v) is 11.0. The standard InChI is InChI=1S/C38H33ClF7N7O4S/c1-37(55,17-40)11-10-21-4-5-22(23-7-9-26(39)30-33(23)52(2)50-36(30)51-58(3,56)57)31(47-21)27(14-18-12-19(41)15-20(42)13-18)48-28(54)16-53-34-29(32(49-53)35(43)44)24-6-8-25(24)38(34,45)46/h4-5,7,9,12-13,15,24-25,27,35,55H,6,8,14,16-17H2,1-3H3,(H,48,54)(H,50,51). The predicted molar refractivity (Wildman–Crippen MR) is 198 cm³/mol. The molecule has 3 heterocycles. The van der Waals surface area contributed by atoms with Gasteiger partial charge in [-0.15, -0.1) is 0 Å². The van der Waals surface area contributed by atoms with Crippen molar-refractivity contribution < 1.29 is 49.1 Å². The second-order valence-electron chi connectivity index (χ2n) is 14.6. The number of sulfonamides is 1. The number of alkyl halides is 5. The summed E-state index contributed by atoms with van der Waals surface area (Å²) in [5.41, 5.74) is -3.37. The maximum absolute atomic E-state index is 15.6. The van der Waals surface area contributed by atoms with E-state index in [2.05, 4.69) is 37.1 Å². The van der Waals surface area contributed by atoms with Gasteiger partial charge < -0.3 is 10.4 Å². The molecule has 3 aromatic heterocycles. The van der Waals surface area contributed by atoms with Crippen LogP contribution in [0.15, 0.2) is 42.5 Å². The number of carbonyl (C=O) groups excluding carboxylic acids is 1. The highest BCUT2D eigenvalue weighted by Crippen LogP contribution is 2.63. The van der Waals surface area contributed by atoms with Crippen molar-refractivity contribution in [2.45, 2.75) is 62.6 Å². The van der Waals surface area contributed by atoms with Gasteiger partial charge in [-0.1, -0.05) is 23.6 Å². The lowest BCUT2D eigenvalue weighted by atomic mass is 9.73. The van der Waals surface area contributed by atoms with E-state index in [0.717, 1.165) is 25.3 Å². The van der Waals surface area contributed by atoms with Gasteiger partial charge in [0.15, 0.2) is 11.4 Å². The molecule has 0 bridgehead atoms. The van der Waals surface area contributed by atoms with E-state index in [4.69, 9.17) is 11.6 Å². The minimum atomic E-state index is -3.86. The fourth-order valence-corrected chi connectivity index (χ4v) is 8.35. The fraction of sp³-hybridized carbons (Fsp3) is 0.368. The van der Waals surface area contributed by atoms with Crippen molar-refractivity contribution in [2.75, 3.05) is 17.7 Å². The summed E-state index contributed by atoms with van der Waals surface area (Å²) in [6, 6.07) is 7.04. The minimum Gasteiger partial charge on any atom is -0.375 e. The van der Waals surface area contributed by atoms with E-state index in [0.29, 0.717) is 16.3 Å². The number of aromatic nitrogens is 5. The monoisotopic (exact) mass is 851 g/mol. The molecule has 1 saturated carbocycles. The fourth-order valence-electron chi connectivity index (χ4n) is 7.61. The average Bonchev–Trinajstić information content (AvgIpc) is 3.67. The van der Waals surface area contributed by atoms with Crippen LogP contribution in [0, 0.1) is 29.4 Å². The summed E-state index contributed by atoms with van der Waals surface area (Å²) >= 11 is 6.56. The first-order valence-electron chi connectivity index (χ1n) is 17.6. The molecule has 2 aromatic carbocycles. The zero-order valence-corrected chi connectivity index (χ0v) is 32.3. The maximum Gasteiger partial charge on any atom is 0.293 e. The van der Waals surface area contributed by atoms with Crippen molar-refractivity contribution in [1.82, 2.24) is 29.9 Å². The Kier molecular flexibility index (Phi) is 10.5. The predicted octanol–water partition coefficient (Wildman–Crippen LogP) is 6.84. The lowest BCUT2D eigenvalue weighted by molar-refractivity contribution is -0.123. The third-order valence-electron chi connectivity index (χ3n) is 10.1. The van der Waals surface area contributed by atoms with Crippen LogP contribution in [-0.2, 0) is 40.8 Å². The Morgan fingerprint density at radius 1 is 1.09 bits per heavy atom. The number of hydrogen-bond donors (Lipinski definition) is 3. The number of hydrogen-bond acceptors (Lipinski definition) is 7. The molecule has 2 aliphatic carbocycles. The van der Waals surface area contributed by atoms with E-state index >= 15 is 8.78 Å². The number of pyridine rings is 1. The Bertz CT molecular complexity index is 2640. The first-order chi connectivity index (χ1) is 27.2. The summed E-state index contributed by atoms with van der Waals surface area (Å²) in [4.78, 5) is 18.6. The molecule has 306 valence electrons. The zero-order chi connectivity index (χ0) is 42.1. The average molecular weight is 852 g/mol. The van der Waals surface area contributed by atoms with Crippen molar-refractivity contribution in [3.63, 3.8) is 0 Å². The highest BCUT2D eigenvalue weighted by Gasteiger charge is 2.62. The van der Waals surface area contributed by atoms with Crippen molar-refractivity contribution in [1.29, 1.82) is 0 Å². The van der Waals surface area contributed by atoms with Crippen LogP contribution in [0.3, 0.4) is 0 Å². The van der Waals surface area contributed by atoms with Gasteiger partial charge in [-0.25, -0.2) is 35.4 Å². The van der Waals surface area contributed by atoms with E-state index in [1.807, 2.05) is 0 Å². The molecular formula is C38H33ClF7N7O4S. The van der Waals surface area contributed by atoms with Crippen LogP contribution in [-0.4, -0.2) is 62.5 Å². The number of aryl methyl sites for hydroxylation is 1. The zero-order valence-electron chi connectivity index (χ0n) is 30.7. The topological polar surface area (TPSA) is 144 Å². The van der Waals surface area contributed by atoms with Crippen molar-refractivity contribution >= 4 is 44.3 Å². The quantitative estimate of drug-likeness (QED) is 0.0976. The Balaban J connectivity index is 1.39. The molecule has 0 aliphatic heterocycles. The van der Waals surface area contributed by atoms with E-state index < -0.39 is 94.4 Å². The summed E-state index contributed by atoms with van der Waals surface area (Å²) in [5, 5.41) is 21.2. The van der Waals surface area contributed by atoms with E-state index in [1.165, 1.54) is 36.0 Å². The molecule has 1 amide bonds. The number of rotatable bonds is 11. The second kappa shape index (κ2) is 14.9. The summed E-state index contributed by atoms with van der Waals surface area (Å²) in [6.45, 7) is -1.08. The van der Waals surface area contributed by atoms with Crippen LogP contribution in [0.2, 0.25) is 5.02 Å². The SMILES string of the molecule is Cn1nc(NS(C)(=O)=O)c2c(Cl)ccc(-c3ccc(C#CC(C)(O)CF)nc3C(Cc3cc(F)cc(F)c3)NC(=O)Cn3nc(C(F)F)c4c3C(F)(F)C3CCC43)c21. The normalized spacial score (nSPS) is 18.5. The summed E-state index contributed by atoms with van der Waals surface area (Å²) in [5.74, 6) is -3.76. The van der Waals surface area contributed by atoms with E-state index in [-0.39, 0.29) is 62.7 Å². The van der Waals surface area contributed by atoms with Gasteiger partial charge in [0.05, 0.1) is 33.9 Å². The van der Waals surface area contributed by atoms with E-state index in [1.54, 1.807) is 0 Å². The highest BCUT2D eigenvalue weighted by molar-refractivity contribution is 7.92. The first kappa shape index (κ1) is 41.0. The van der Waals surface area contributed by atoms with Gasteiger partial charge >= 0.3 is 0 Å². The molecule has 4 unspecified atom stereocenters. The van der Waals surface area contributed by atoms with Crippen molar-refractivity contribution in [2.24, 2.45) is 13.0 Å². The largest absolute Gasteiger partial charge is 0.375 e. The van der Waals surface area contributed by atoms with Crippen LogP contribution in [0.4, 0.5) is 36.6 Å². The van der Waals surface area contributed by atoms with Gasteiger partial charge in [0.1, 0.15) is 41.9 Å². The van der Waals surface area contributed by atoms with Crippen LogP contribution >= 0.6 is 11.6 Å². The van der Waals surface area contributed by atoms with Crippen molar-refractivity contribution in [3.05, 3.63) is 93.0 Å². The number of nitrogens with one attached hydrogen (secondary N) is 2. The lowest BCUT2D eigenvalue weighted by Crippen LogP contribution is -2.36. The molecule has 7 rings (SSSR count). The third kappa shape index (κ3) is 7.72. The van der Waals surface area contributed by atoms with Gasteiger partial charge in [-0.2, -0.15) is 19.0 Å². The first-order valence-corrected chi connectivity index (χ1v) is 19.9.